The molecule has 2 amide bonds. The molecular formula is C35H52BIN2O8. The Hall–Kier alpha value is -2.71. The summed E-state index contributed by atoms with van der Waals surface area (Å²) in [6.45, 7) is 20.4. The maximum Gasteiger partial charge on any atom is 0.494 e. The number of hydrogen-bond acceptors (Lipinski definition) is 8. The van der Waals surface area contributed by atoms with Crippen molar-refractivity contribution in [3.05, 3.63) is 51.1 Å². The Morgan fingerprint density at radius 2 is 1.19 bits per heavy atom. The molecule has 3 heterocycles. The van der Waals surface area contributed by atoms with Crippen LogP contribution in [0.25, 0.3) is 0 Å². The van der Waals surface area contributed by atoms with Crippen LogP contribution in [0.5, 0.6) is 11.5 Å². The summed E-state index contributed by atoms with van der Waals surface area (Å²) in [6, 6.07) is 11.6. The fourth-order valence-electron chi connectivity index (χ4n) is 5.10. The zero-order valence-corrected chi connectivity index (χ0v) is 30.8. The van der Waals surface area contributed by atoms with E-state index in [9.17, 15) is 9.59 Å². The van der Waals surface area contributed by atoms with E-state index in [4.69, 9.17) is 28.3 Å². The van der Waals surface area contributed by atoms with Crippen LogP contribution in [0.2, 0.25) is 0 Å². The average Bonchev–Trinajstić information content (AvgIpc) is 3.13. The summed E-state index contributed by atoms with van der Waals surface area (Å²) in [6.07, 6.45) is 0.622. The number of alkyl carbamates (subject to hydrolysis) is 2. The lowest BCUT2D eigenvalue weighted by atomic mass is 9.77. The number of nitrogens with one attached hydrogen (secondary N) is 2. The first-order valence-electron chi connectivity index (χ1n) is 15.8. The van der Waals surface area contributed by atoms with Gasteiger partial charge in [0.2, 0.25) is 0 Å². The van der Waals surface area contributed by atoms with Gasteiger partial charge in [-0.2, -0.15) is 0 Å². The molecule has 0 aliphatic carbocycles. The van der Waals surface area contributed by atoms with Crippen molar-refractivity contribution in [1.29, 1.82) is 0 Å². The highest BCUT2D eigenvalue weighted by molar-refractivity contribution is 14.1. The van der Waals surface area contributed by atoms with Crippen LogP contribution < -0.4 is 25.6 Å². The van der Waals surface area contributed by atoms with E-state index in [1.807, 2.05) is 106 Å². The minimum absolute atomic E-state index is 0. The van der Waals surface area contributed by atoms with Crippen molar-refractivity contribution in [3.63, 3.8) is 0 Å². The Labute approximate surface area is 294 Å². The first-order chi connectivity index (χ1) is 21.2. The maximum atomic E-state index is 12.2. The number of fused-ring (bicyclic) bond motifs is 2. The number of carbonyl (C=O) groups excluding carboxylic acids is 2. The number of benzene rings is 2. The summed E-state index contributed by atoms with van der Waals surface area (Å²) >= 11 is 2.25. The van der Waals surface area contributed by atoms with Crippen molar-refractivity contribution in [2.24, 2.45) is 0 Å². The lowest BCUT2D eigenvalue weighted by molar-refractivity contribution is 0.00578. The van der Waals surface area contributed by atoms with E-state index in [-0.39, 0.29) is 25.6 Å². The lowest BCUT2D eigenvalue weighted by Crippen LogP contribution is -2.41. The Morgan fingerprint density at radius 1 is 0.766 bits per heavy atom. The number of amides is 2. The highest BCUT2D eigenvalue weighted by atomic mass is 127. The van der Waals surface area contributed by atoms with Gasteiger partial charge in [-0.15, -0.1) is 0 Å². The number of hydrogen-bond donors (Lipinski definition) is 2. The molecule has 1 fully saturated rings. The molecule has 260 valence electrons. The van der Waals surface area contributed by atoms with Crippen molar-refractivity contribution in [2.45, 2.75) is 124 Å². The SMILES string of the molecule is C.CC(C)(C)OC(=O)N[C@H]1CCOc2ccc(B3OC(C)(C)C(C)(C)O3)cc21.CC(C)(C)OC(=O)N[C@H]1CCOc2ccc(I)cc21. The van der Waals surface area contributed by atoms with Crippen LogP contribution in [0.4, 0.5) is 9.59 Å². The summed E-state index contributed by atoms with van der Waals surface area (Å²) in [4.78, 5) is 24.1. The van der Waals surface area contributed by atoms with Crippen LogP contribution in [-0.4, -0.2) is 54.9 Å². The van der Waals surface area contributed by atoms with Crippen molar-refractivity contribution in [3.8, 4) is 11.5 Å². The average molecular weight is 767 g/mol. The molecule has 0 radical (unpaired) electrons. The predicted octanol–water partition coefficient (Wildman–Crippen LogP) is 7.61. The summed E-state index contributed by atoms with van der Waals surface area (Å²) in [5.74, 6) is 1.61. The van der Waals surface area contributed by atoms with Crippen LogP contribution in [0, 0.1) is 3.57 Å². The molecule has 2 aromatic rings. The van der Waals surface area contributed by atoms with E-state index in [1.165, 1.54) is 0 Å². The van der Waals surface area contributed by atoms with E-state index < -0.39 is 35.6 Å². The van der Waals surface area contributed by atoms with Gasteiger partial charge in [-0.1, -0.05) is 19.6 Å². The van der Waals surface area contributed by atoms with E-state index in [0.29, 0.717) is 19.6 Å². The van der Waals surface area contributed by atoms with Gasteiger partial charge in [-0.05, 0) is 122 Å². The predicted molar refractivity (Wildman–Crippen MR) is 192 cm³/mol. The molecule has 0 unspecified atom stereocenters. The van der Waals surface area contributed by atoms with Gasteiger partial charge in [-0.3, -0.25) is 0 Å². The number of ether oxygens (including phenoxy) is 4. The minimum Gasteiger partial charge on any atom is -0.493 e. The minimum atomic E-state index is -0.539. The molecule has 47 heavy (non-hydrogen) atoms. The Bertz CT molecular complexity index is 1400. The van der Waals surface area contributed by atoms with Gasteiger partial charge in [0.1, 0.15) is 22.7 Å². The zero-order chi connectivity index (χ0) is 34.1. The molecule has 2 atom stereocenters. The second kappa shape index (κ2) is 14.8. The van der Waals surface area contributed by atoms with Crippen LogP contribution >= 0.6 is 22.6 Å². The maximum absolute atomic E-state index is 12.2. The topological polar surface area (TPSA) is 114 Å². The molecule has 0 saturated carbocycles. The molecule has 0 aromatic heterocycles. The molecule has 1 saturated heterocycles. The van der Waals surface area contributed by atoms with Crippen molar-refractivity contribution < 1.29 is 37.8 Å². The molecule has 12 heteroatoms. The van der Waals surface area contributed by atoms with Crippen molar-refractivity contribution in [1.82, 2.24) is 10.6 Å². The fraction of sp³-hybridized carbons (Fsp3) is 0.600. The monoisotopic (exact) mass is 766 g/mol. The summed E-state index contributed by atoms with van der Waals surface area (Å²) < 4.78 is 35.5. The Balaban J connectivity index is 0.000000265. The largest absolute Gasteiger partial charge is 0.494 e. The van der Waals surface area contributed by atoms with Gasteiger partial charge in [0.15, 0.2) is 0 Å². The van der Waals surface area contributed by atoms with Gasteiger partial charge in [0, 0.05) is 27.5 Å². The first kappa shape index (κ1) is 38.7. The third-order valence-electron chi connectivity index (χ3n) is 7.99. The highest BCUT2D eigenvalue weighted by Gasteiger charge is 2.52. The second-order valence-electron chi connectivity index (χ2n) is 14.7. The van der Waals surface area contributed by atoms with Gasteiger partial charge in [0.25, 0.3) is 0 Å². The molecule has 0 spiro atoms. The molecule has 3 aliphatic heterocycles. The van der Waals surface area contributed by atoms with Crippen molar-refractivity contribution >= 4 is 47.4 Å². The lowest BCUT2D eigenvalue weighted by Gasteiger charge is -2.32. The summed E-state index contributed by atoms with van der Waals surface area (Å²) in [5.41, 5.74) is 1.01. The van der Waals surface area contributed by atoms with Crippen LogP contribution in [0.15, 0.2) is 36.4 Å². The highest BCUT2D eigenvalue weighted by Crippen LogP contribution is 2.38. The van der Waals surface area contributed by atoms with E-state index >= 15 is 0 Å². The summed E-state index contributed by atoms with van der Waals surface area (Å²) in [5, 5.41) is 5.87. The van der Waals surface area contributed by atoms with Crippen molar-refractivity contribution in [2.75, 3.05) is 13.2 Å². The van der Waals surface area contributed by atoms with Crippen LogP contribution in [0.1, 0.15) is 113 Å². The van der Waals surface area contributed by atoms with Crippen LogP contribution in [-0.2, 0) is 18.8 Å². The quantitative estimate of drug-likeness (QED) is 0.243. The van der Waals surface area contributed by atoms with Crippen LogP contribution in [0.3, 0.4) is 0 Å². The molecule has 0 bridgehead atoms. The number of rotatable bonds is 3. The van der Waals surface area contributed by atoms with Gasteiger partial charge in [-0.25, -0.2) is 9.59 Å². The molecule has 10 nitrogen and oxygen atoms in total. The normalized spacial score (nSPS) is 20.8. The van der Waals surface area contributed by atoms with Gasteiger partial charge in [0.05, 0.1) is 36.5 Å². The second-order valence-corrected chi connectivity index (χ2v) is 16.0. The smallest absolute Gasteiger partial charge is 0.493 e. The fourth-order valence-corrected chi connectivity index (χ4v) is 5.62. The number of halogens is 1. The third-order valence-corrected chi connectivity index (χ3v) is 8.66. The van der Waals surface area contributed by atoms with E-state index in [0.717, 1.165) is 38.1 Å². The van der Waals surface area contributed by atoms with Gasteiger partial charge < -0.3 is 38.9 Å². The number of carbonyl (C=O) groups is 2. The Kier molecular flexibility index (Phi) is 12.2. The first-order valence-corrected chi connectivity index (χ1v) is 16.8. The molecule has 5 rings (SSSR count). The van der Waals surface area contributed by atoms with E-state index in [2.05, 4.69) is 33.2 Å². The molecular weight excluding hydrogens is 714 g/mol. The molecule has 3 aliphatic rings. The van der Waals surface area contributed by atoms with Gasteiger partial charge >= 0.3 is 19.3 Å². The molecule has 2 N–H and O–H groups in total. The molecule has 2 aromatic carbocycles. The zero-order valence-electron chi connectivity index (χ0n) is 28.7. The third kappa shape index (κ3) is 10.4. The standard InChI is InChI=1S/C20H30BNO5.C14H18INO3.CH4/c1-18(2,3)25-17(23)22-15-10-11-24-16-9-8-13(12-14(15)16)21-26-19(4,5)20(6,7)27-21;1-14(2,3)19-13(17)16-11-6-7-18-12-5-4-9(15)8-10(11)12;/h8-9,12,15H,10-11H2,1-7H3,(H,22,23);4-5,8,11H,6-7H2,1-3H3,(H,16,17);1H4/t15-;11-;/m00./s1. The summed E-state index contributed by atoms with van der Waals surface area (Å²) in [7, 11) is -0.454. The van der Waals surface area contributed by atoms with E-state index in [1.54, 1.807) is 0 Å². The Morgan fingerprint density at radius 3 is 1.64 bits per heavy atom.